The minimum absolute atomic E-state index is 0.0168. The maximum absolute atomic E-state index is 12.8. The van der Waals surface area contributed by atoms with Gasteiger partial charge in [0, 0.05) is 23.0 Å². The number of carbonyl (C=O) groups is 2. The van der Waals surface area contributed by atoms with Crippen molar-refractivity contribution in [1.82, 2.24) is 0 Å². The van der Waals surface area contributed by atoms with E-state index in [0.29, 0.717) is 12.2 Å². The van der Waals surface area contributed by atoms with E-state index in [2.05, 4.69) is 33.9 Å². The summed E-state index contributed by atoms with van der Waals surface area (Å²) in [4.78, 5) is 25.0. The summed E-state index contributed by atoms with van der Waals surface area (Å²) in [5.74, 6) is 0.423. The van der Waals surface area contributed by atoms with Gasteiger partial charge in [-0.15, -0.1) is 13.2 Å². The molecule has 0 amide bonds. The second-order valence-corrected chi connectivity index (χ2v) is 9.27. The van der Waals surface area contributed by atoms with E-state index in [0.717, 1.165) is 31.3 Å². The normalized spacial score (nSPS) is 23.4. The third-order valence-electron chi connectivity index (χ3n) is 4.13. The molecule has 0 bridgehead atoms. The summed E-state index contributed by atoms with van der Waals surface area (Å²) in [6.07, 6.45) is 5.67. The van der Waals surface area contributed by atoms with E-state index in [4.69, 9.17) is 0 Å². The first kappa shape index (κ1) is 19.2. The number of allylic oxidation sites excluding steroid dienone is 2. The Balaban J connectivity index is 2.94. The molecule has 0 saturated heterocycles. The number of hydrogen-bond donors (Lipinski definition) is 0. The number of hydrogen-bond acceptors (Lipinski definition) is 3. The van der Waals surface area contributed by atoms with Crippen LogP contribution >= 0.6 is 11.8 Å². The van der Waals surface area contributed by atoms with Crippen LogP contribution in [0.15, 0.2) is 24.8 Å². The molecule has 124 valence electrons. The standard InChI is InChI=1S/C19H30O2S/c1-7-8-9-15(18(21)22-19(4,5)6)14-10-11-17(20)16(14)12-13(2)3/h7,14-16H,1-2,8-12H2,3-6H3/t14-,15+,16-/m1/s1. The Morgan fingerprint density at radius 1 is 1.45 bits per heavy atom. The summed E-state index contributed by atoms with van der Waals surface area (Å²) < 4.78 is -0.0873. The Morgan fingerprint density at radius 2 is 2.09 bits per heavy atom. The molecule has 0 spiro atoms. The lowest BCUT2D eigenvalue weighted by molar-refractivity contribution is -0.122. The molecule has 0 N–H and O–H groups in total. The number of rotatable bonds is 7. The lowest BCUT2D eigenvalue weighted by Gasteiger charge is -2.29. The van der Waals surface area contributed by atoms with Gasteiger partial charge in [-0.3, -0.25) is 9.59 Å². The van der Waals surface area contributed by atoms with Crippen molar-refractivity contribution < 1.29 is 9.59 Å². The average Bonchev–Trinajstić information content (AvgIpc) is 2.69. The lowest BCUT2D eigenvalue weighted by atomic mass is 9.79. The van der Waals surface area contributed by atoms with Crippen LogP contribution in [0.4, 0.5) is 0 Å². The van der Waals surface area contributed by atoms with E-state index < -0.39 is 0 Å². The largest absolute Gasteiger partial charge is 0.299 e. The number of ketones is 1. The Morgan fingerprint density at radius 3 is 2.59 bits per heavy atom. The first-order chi connectivity index (χ1) is 10.2. The minimum atomic E-state index is -0.0873. The molecule has 0 unspecified atom stereocenters. The van der Waals surface area contributed by atoms with E-state index in [1.165, 1.54) is 11.8 Å². The van der Waals surface area contributed by atoms with Crippen LogP contribution in [0.25, 0.3) is 0 Å². The molecule has 0 heterocycles. The van der Waals surface area contributed by atoms with E-state index in [1.54, 1.807) is 0 Å². The fourth-order valence-electron chi connectivity index (χ4n) is 3.24. The van der Waals surface area contributed by atoms with Gasteiger partial charge in [-0.2, -0.15) is 0 Å². The molecular weight excluding hydrogens is 292 g/mol. The second kappa shape index (κ2) is 8.14. The van der Waals surface area contributed by atoms with E-state index in [9.17, 15) is 9.59 Å². The Kier molecular flexibility index (Phi) is 7.11. The molecule has 1 aliphatic carbocycles. The third kappa shape index (κ3) is 5.75. The van der Waals surface area contributed by atoms with Gasteiger partial charge in [0.2, 0.25) is 0 Å². The number of carbonyl (C=O) groups excluding carboxylic acids is 2. The second-order valence-electron chi connectivity index (χ2n) is 7.44. The SMILES string of the molecule is C=CCC[C@H](C(=O)SC(C)(C)C)[C@H]1CCC(=O)[C@@H]1CC(=C)C. The van der Waals surface area contributed by atoms with Gasteiger partial charge in [0.25, 0.3) is 0 Å². The van der Waals surface area contributed by atoms with Crippen LogP contribution in [-0.4, -0.2) is 15.6 Å². The third-order valence-corrected chi connectivity index (χ3v) is 5.25. The van der Waals surface area contributed by atoms with Crippen molar-refractivity contribution >= 4 is 22.7 Å². The smallest absolute Gasteiger partial charge is 0.192 e. The van der Waals surface area contributed by atoms with Crippen molar-refractivity contribution in [3.8, 4) is 0 Å². The van der Waals surface area contributed by atoms with Gasteiger partial charge in [-0.1, -0.05) is 44.2 Å². The zero-order valence-corrected chi connectivity index (χ0v) is 15.3. The highest BCUT2D eigenvalue weighted by Crippen LogP contribution is 2.43. The molecule has 1 saturated carbocycles. The summed E-state index contributed by atoms with van der Waals surface area (Å²) in [6.45, 7) is 15.9. The molecule has 0 radical (unpaired) electrons. The molecule has 2 nitrogen and oxygen atoms in total. The highest BCUT2D eigenvalue weighted by atomic mass is 32.2. The lowest BCUT2D eigenvalue weighted by Crippen LogP contribution is -2.29. The van der Waals surface area contributed by atoms with Gasteiger partial charge >= 0.3 is 0 Å². The van der Waals surface area contributed by atoms with Crippen LogP contribution in [0.1, 0.15) is 59.8 Å². The van der Waals surface area contributed by atoms with Crippen LogP contribution in [0.3, 0.4) is 0 Å². The highest BCUT2D eigenvalue weighted by molar-refractivity contribution is 8.14. The van der Waals surface area contributed by atoms with Gasteiger partial charge in [-0.25, -0.2) is 0 Å². The molecule has 3 heteroatoms. The average molecular weight is 323 g/mol. The van der Waals surface area contributed by atoms with Crippen molar-refractivity contribution in [1.29, 1.82) is 0 Å². The molecular formula is C19H30O2S. The molecule has 3 atom stereocenters. The maximum Gasteiger partial charge on any atom is 0.192 e. The number of Topliss-reactive ketones (excluding diaryl/α,β-unsaturated/α-hetero) is 1. The Hall–Kier alpha value is -0.830. The molecule has 1 aliphatic rings. The highest BCUT2D eigenvalue weighted by Gasteiger charge is 2.42. The van der Waals surface area contributed by atoms with E-state index in [-0.39, 0.29) is 27.6 Å². The van der Waals surface area contributed by atoms with Gasteiger partial charge in [-0.05, 0) is 38.5 Å². The molecule has 0 aromatic heterocycles. The van der Waals surface area contributed by atoms with Crippen LogP contribution < -0.4 is 0 Å². The van der Waals surface area contributed by atoms with Crippen molar-refractivity contribution in [2.24, 2.45) is 17.8 Å². The summed E-state index contributed by atoms with van der Waals surface area (Å²) in [5, 5.41) is 0.237. The van der Waals surface area contributed by atoms with Crippen molar-refractivity contribution in [3.05, 3.63) is 24.8 Å². The maximum atomic E-state index is 12.8. The predicted octanol–water partition coefficient (Wildman–Crippen LogP) is 5.19. The molecule has 0 aliphatic heterocycles. The fourth-order valence-corrected chi connectivity index (χ4v) is 4.29. The summed E-state index contributed by atoms with van der Waals surface area (Å²) >= 11 is 1.42. The minimum Gasteiger partial charge on any atom is -0.299 e. The zero-order valence-electron chi connectivity index (χ0n) is 14.5. The molecule has 0 aromatic carbocycles. The van der Waals surface area contributed by atoms with Crippen LogP contribution in [-0.2, 0) is 9.59 Å². The molecule has 1 rings (SSSR count). The monoisotopic (exact) mass is 322 g/mol. The van der Waals surface area contributed by atoms with E-state index >= 15 is 0 Å². The van der Waals surface area contributed by atoms with Crippen LogP contribution in [0, 0.1) is 17.8 Å². The van der Waals surface area contributed by atoms with Crippen LogP contribution in [0.5, 0.6) is 0 Å². The molecule has 1 fully saturated rings. The molecule has 22 heavy (non-hydrogen) atoms. The first-order valence-corrected chi connectivity index (χ1v) is 8.98. The van der Waals surface area contributed by atoms with Crippen molar-refractivity contribution in [2.45, 2.75) is 64.5 Å². The zero-order chi connectivity index (χ0) is 16.9. The van der Waals surface area contributed by atoms with E-state index in [1.807, 2.05) is 13.0 Å². The fraction of sp³-hybridized carbons (Fsp3) is 0.684. The van der Waals surface area contributed by atoms with Gasteiger partial charge < -0.3 is 0 Å². The summed E-state index contributed by atoms with van der Waals surface area (Å²) in [5.41, 5.74) is 1.03. The van der Waals surface area contributed by atoms with Gasteiger partial charge in [0.1, 0.15) is 5.78 Å². The van der Waals surface area contributed by atoms with Crippen LogP contribution in [0.2, 0.25) is 0 Å². The summed E-state index contributed by atoms with van der Waals surface area (Å²) in [6, 6.07) is 0. The van der Waals surface area contributed by atoms with Crippen molar-refractivity contribution in [3.63, 3.8) is 0 Å². The summed E-state index contributed by atoms with van der Waals surface area (Å²) in [7, 11) is 0. The van der Waals surface area contributed by atoms with Gasteiger partial charge in [0.05, 0.1) is 0 Å². The topological polar surface area (TPSA) is 34.1 Å². The Bertz CT molecular complexity index is 445. The first-order valence-electron chi connectivity index (χ1n) is 8.16. The molecule has 0 aromatic rings. The van der Waals surface area contributed by atoms with Gasteiger partial charge in [0.15, 0.2) is 5.12 Å². The predicted molar refractivity (Wildman–Crippen MR) is 95.9 cm³/mol. The Labute approximate surface area is 139 Å². The quantitative estimate of drug-likeness (QED) is 0.605. The number of thioether (sulfide) groups is 1. The van der Waals surface area contributed by atoms with Crippen molar-refractivity contribution in [2.75, 3.05) is 0 Å².